The van der Waals surface area contributed by atoms with Crippen molar-refractivity contribution < 1.29 is 24.9 Å². The number of benzene rings is 2. The van der Waals surface area contributed by atoms with E-state index >= 15 is 0 Å². The molecule has 0 aliphatic heterocycles. The van der Waals surface area contributed by atoms with Crippen LogP contribution >= 0.6 is 23.9 Å². The van der Waals surface area contributed by atoms with E-state index < -0.39 is 18.0 Å². The van der Waals surface area contributed by atoms with Crippen molar-refractivity contribution in [3.63, 3.8) is 0 Å². The zero-order valence-corrected chi connectivity index (χ0v) is 23.8. The van der Waals surface area contributed by atoms with Gasteiger partial charge in [0.15, 0.2) is 0 Å². The fraction of sp³-hybridized carbons (Fsp3) is 0.429. The van der Waals surface area contributed by atoms with Crippen molar-refractivity contribution in [1.82, 2.24) is 13.6 Å². The summed E-state index contributed by atoms with van der Waals surface area (Å²) >= 11 is 3.03. The van der Waals surface area contributed by atoms with Gasteiger partial charge in [-0.3, -0.25) is 9.59 Å². The molecule has 0 amide bonds. The Morgan fingerprint density at radius 1 is 1.00 bits per heavy atom. The normalized spacial score (nSPS) is 14.3. The topological polar surface area (TPSA) is 117 Å². The molecule has 0 spiro atoms. The number of rotatable bonds is 15. The summed E-state index contributed by atoms with van der Waals surface area (Å²) in [6.45, 7) is 6.15. The Balaban J connectivity index is 1.72. The Kier molecular flexibility index (Phi) is 11.0. The smallest absolute Gasteiger partial charge is 0.322 e. The number of hydrogen-bond donors (Lipinski definition) is 4. The van der Waals surface area contributed by atoms with Crippen LogP contribution in [0.4, 0.5) is 0 Å². The number of carboxylic acids is 2. The molecular weight excluding hydrogens is 522 g/mol. The lowest BCUT2D eigenvalue weighted by molar-refractivity contribution is -0.142. The van der Waals surface area contributed by atoms with Crippen LogP contribution in [0.1, 0.15) is 50.8 Å². The Morgan fingerprint density at radius 2 is 1.68 bits per heavy atom. The third-order valence-electron chi connectivity index (χ3n) is 6.54. The second-order valence-electron chi connectivity index (χ2n) is 9.59. The van der Waals surface area contributed by atoms with Crippen LogP contribution in [0, 0.1) is 0 Å². The number of carboxylic acid groups (broad SMARTS) is 2. The van der Waals surface area contributed by atoms with Gasteiger partial charge in [-0.15, -0.1) is 0 Å². The number of carbonyl (C=O) groups is 2. The third kappa shape index (κ3) is 7.69. The van der Waals surface area contributed by atoms with Gasteiger partial charge in [0.1, 0.15) is 11.8 Å². The lowest BCUT2D eigenvalue weighted by Gasteiger charge is -2.35. The molecule has 0 saturated heterocycles. The van der Waals surface area contributed by atoms with Gasteiger partial charge in [-0.2, -0.15) is 0 Å². The Labute approximate surface area is 232 Å². The van der Waals surface area contributed by atoms with Crippen molar-refractivity contribution in [3.8, 4) is 5.75 Å². The molecule has 1 heterocycles. The van der Waals surface area contributed by atoms with Crippen molar-refractivity contribution in [2.45, 2.75) is 64.2 Å². The van der Waals surface area contributed by atoms with E-state index in [0.29, 0.717) is 12.2 Å². The first-order chi connectivity index (χ1) is 18.1. The van der Waals surface area contributed by atoms with Crippen LogP contribution < -0.4 is 0 Å². The Bertz CT molecular complexity index is 1200. The molecule has 3 rings (SSSR count). The average Bonchev–Trinajstić information content (AvgIpc) is 3.30. The van der Waals surface area contributed by atoms with Gasteiger partial charge in [-0.1, -0.05) is 54.2 Å². The van der Waals surface area contributed by atoms with Crippen LogP contribution in [0.5, 0.6) is 5.75 Å². The van der Waals surface area contributed by atoms with Gasteiger partial charge in [0.2, 0.25) is 0 Å². The lowest BCUT2D eigenvalue weighted by atomic mass is 10.0. The molecule has 4 N–H and O–H groups in total. The van der Waals surface area contributed by atoms with Crippen LogP contribution in [0.3, 0.4) is 0 Å². The summed E-state index contributed by atoms with van der Waals surface area (Å²) in [6.07, 6.45) is 4.83. The van der Waals surface area contributed by atoms with Crippen LogP contribution in [0.2, 0.25) is 0 Å². The standard InChI is InChI=1S/C28H37N3O5S2/c1-18(2)30(25(16-27(33)34)23-17-29-24-8-6-5-7-22(23)24)38-14-13-19(3)31(37-4)26(28(35)36)15-20-9-11-21(32)12-10-20/h5-12,17-19,25-26,29,32H,13-16H2,1-4H3,(H,33,34)(H,35,36). The van der Waals surface area contributed by atoms with E-state index in [4.69, 9.17) is 0 Å². The minimum atomic E-state index is -0.892. The molecule has 2 aromatic carbocycles. The lowest BCUT2D eigenvalue weighted by Crippen LogP contribution is -2.43. The van der Waals surface area contributed by atoms with E-state index in [1.807, 2.05) is 47.9 Å². The number of nitrogens with one attached hydrogen (secondary N) is 1. The van der Waals surface area contributed by atoms with Crippen molar-refractivity contribution in [2.75, 3.05) is 12.0 Å². The SMILES string of the molecule is CSN(C(C)CCSN(C(C)C)C(CC(=O)O)c1c[nH]c2ccccc12)C(Cc1ccc(O)cc1)C(=O)O. The maximum atomic E-state index is 12.2. The molecule has 0 aliphatic rings. The molecule has 0 aliphatic carbocycles. The van der Waals surface area contributed by atoms with Gasteiger partial charge in [-0.25, -0.2) is 8.61 Å². The summed E-state index contributed by atoms with van der Waals surface area (Å²) in [5.41, 5.74) is 2.78. The van der Waals surface area contributed by atoms with E-state index in [1.54, 1.807) is 36.2 Å². The number of hydrogen-bond acceptors (Lipinski definition) is 7. The maximum Gasteiger partial charge on any atom is 0.322 e. The fourth-order valence-corrected chi connectivity index (χ4v) is 6.89. The summed E-state index contributed by atoms with van der Waals surface area (Å²) in [5.74, 6) is -0.889. The van der Waals surface area contributed by atoms with E-state index in [9.17, 15) is 24.9 Å². The van der Waals surface area contributed by atoms with E-state index in [1.165, 1.54) is 11.9 Å². The predicted molar refractivity (Wildman–Crippen MR) is 155 cm³/mol. The number of phenolic OH excluding ortho intramolecular Hbond substituents is 1. The van der Waals surface area contributed by atoms with Gasteiger partial charge in [0.25, 0.3) is 0 Å². The maximum absolute atomic E-state index is 12.2. The number of H-pyrrole nitrogens is 1. The number of para-hydroxylation sites is 1. The van der Waals surface area contributed by atoms with Gasteiger partial charge in [0, 0.05) is 34.9 Å². The molecule has 0 fully saturated rings. The minimum Gasteiger partial charge on any atom is -0.508 e. The van der Waals surface area contributed by atoms with Crippen molar-refractivity contribution in [1.29, 1.82) is 0 Å². The van der Waals surface area contributed by atoms with Crippen molar-refractivity contribution in [3.05, 3.63) is 65.9 Å². The van der Waals surface area contributed by atoms with E-state index in [2.05, 4.69) is 23.1 Å². The molecule has 206 valence electrons. The number of aromatic nitrogens is 1. The monoisotopic (exact) mass is 559 g/mol. The first-order valence-corrected chi connectivity index (χ1v) is 14.8. The van der Waals surface area contributed by atoms with E-state index in [-0.39, 0.29) is 30.3 Å². The summed E-state index contributed by atoms with van der Waals surface area (Å²) in [5, 5.41) is 30.3. The molecule has 3 atom stereocenters. The summed E-state index contributed by atoms with van der Waals surface area (Å²) in [4.78, 5) is 27.3. The predicted octanol–water partition coefficient (Wildman–Crippen LogP) is 5.80. The molecule has 8 nitrogen and oxygen atoms in total. The molecule has 10 heteroatoms. The minimum absolute atomic E-state index is 0.0206. The van der Waals surface area contributed by atoms with Crippen LogP contribution in [0.25, 0.3) is 10.9 Å². The Hall–Kier alpha value is -2.66. The molecule has 38 heavy (non-hydrogen) atoms. The number of aromatic hydroxyl groups is 1. The van der Waals surface area contributed by atoms with Gasteiger partial charge in [0.05, 0.1) is 12.5 Å². The highest BCUT2D eigenvalue weighted by atomic mass is 32.2. The first kappa shape index (κ1) is 29.9. The zero-order chi connectivity index (χ0) is 27.8. The number of fused-ring (bicyclic) bond motifs is 1. The number of nitrogens with zero attached hydrogens (tertiary/aromatic N) is 2. The number of aromatic amines is 1. The van der Waals surface area contributed by atoms with Gasteiger partial charge < -0.3 is 20.3 Å². The summed E-state index contributed by atoms with van der Waals surface area (Å²) in [7, 11) is 0. The summed E-state index contributed by atoms with van der Waals surface area (Å²) < 4.78 is 4.08. The molecule has 1 aromatic heterocycles. The molecule has 0 saturated carbocycles. The van der Waals surface area contributed by atoms with Gasteiger partial charge in [-0.05, 0) is 69.2 Å². The van der Waals surface area contributed by atoms with Crippen LogP contribution in [0.15, 0.2) is 54.7 Å². The van der Waals surface area contributed by atoms with Crippen LogP contribution in [-0.4, -0.2) is 71.0 Å². The Morgan fingerprint density at radius 3 is 2.29 bits per heavy atom. The second-order valence-corrected chi connectivity index (χ2v) is 11.5. The number of phenols is 1. The molecule has 0 bridgehead atoms. The molecular formula is C28H37N3O5S2. The summed E-state index contributed by atoms with van der Waals surface area (Å²) in [6, 6.07) is 13.6. The molecule has 3 unspecified atom stereocenters. The highest BCUT2D eigenvalue weighted by molar-refractivity contribution is 7.97. The number of aliphatic carboxylic acids is 2. The van der Waals surface area contributed by atoms with Crippen molar-refractivity contribution >= 4 is 46.7 Å². The highest BCUT2D eigenvalue weighted by Gasteiger charge is 2.31. The fourth-order valence-electron chi connectivity index (χ4n) is 4.68. The highest BCUT2D eigenvalue weighted by Crippen LogP contribution is 2.37. The average molecular weight is 560 g/mol. The third-order valence-corrected chi connectivity index (χ3v) is 8.97. The first-order valence-electron chi connectivity index (χ1n) is 12.6. The zero-order valence-electron chi connectivity index (χ0n) is 22.2. The van der Waals surface area contributed by atoms with Crippen molar-refractivity contribution in [2.24, 2.45) is 0 Å². The van der Waals surface area contributed by atoms with Gasteiger partial charge >= 0.3 is 11.9 Å². The van der Waals surface area contributed by atoms with E-state index in [0.717, 1.165) is 28.5 Å². The molecule has 3 aromatic rings. The van der Waals surface area contributed by atoms with Crippen LogP contribution in [-0.2, 0) is 16.0 Å². The second kappa shape index (κ2) is 13.9. The molecule has 0 radical (unpaired) electrons. The quantitative estimate of drug-likeness (QED) is 0.171. The largest absolute Gasteiger partial charge is 0.508 e.